The van der Waals surface area contributed by atoms with E-state index >= 15 is 0 Å². The molecule has 0 saturated carbocycles. The number of halogens is 1. The Balaban J connectivity index is 2.51. The van der Waals surface area contributed by atoms with Gasteiger partial charge in [0.05, 0.1) is 0 Å². The van der Waals surface area contributed by atoms with Crippen molar-refractivity contribution in [1.29, 1.82) is 0 Å². The smallest absolute Gasteiger partial charge is 0.248 e. The fourth-order valence-corrected chi connectivity index (χ4v) is 2.11. The van der Waals surface area contributed by atoms with Crippen LogP contribution in [0.25, 0.3) is 6.08 Å². The molecule has 72 valence electrons. The van der Waals surface area contributed by atoms with Crippen LogP contribution < -0.4 is 0 Å². The molecule has 1 aromatic rings. The summed E-state index contributed by atoms with van der Waals surface area (Å²) in [5, 5.41) is -0.341. The van der Waals surface area contributed by atoms with Crippen molar-refractivity contribution in [3.63, 3.8) is 0 Å². The highest BCUT2D eigenvalue weighted by Crippen LogP contribution is 2.37. The van der Waals surface area contributed by atoms with E-state index in [-0.39, 0.29) is 11.2 Å². The van der Waals surface area contributed by atoms with Gasteiger partial charge in [0, 0.05) is 11.5 Å². The Morgan fingerprint density at radius 2 is 2.14 bits per heavy atom. The van der Waals surface area contributed by atoms with Crippen LogP contribution in [0.2, 0.25) is 0 Å². The van der Waals surface area contributed by atoms with E-state index in [0.29, 0.717) is 5.57 Å². The van der Waals surface area contributed by atoms with Gasteiger partial charge in [0.1, 0.15) is 0 Å². The standard InChI is InChI=1S/C12H11ClO/c1-7-3-4-9-6-11(12(13)14)8(2)10(9)5-7/h3-6,8H,1-2H3. The van der Waals surface area contributed by atoms with Gasteiger partial charge in [-0.2, -0.15) is 0 Å². The number of aryl methyl sites for hydroxylation is 1. The van der Waals surface area contributed by atoms with E-state index in [2.05, 4.69) is 6.07 Å². The molecule has 0 radical (unpaired) electrons. The highest BCUT2D eigenvalue weighted by atomic mass is 35.5. The molecule has 1 nitrogen and oxygen atoms in total. The summed E-state index contributed by atoms with van der Waals surface area (Å²) >= 11 is 5.50. The third-order valence-electron chi connectivity index (χ3n) is 2.71. The first-order chi connectivity index (χ1) is 6.59. The Bertz CT molecular complexity index is 432. The van der Waals surface area contributed by atoms with Gasteiger partial charge in [-0.3, -0.25) is 4.79 Å². The van der Waals surface area contributed by atoms with Crippen LogP contribution in [0.4, 0.5) is 0 Å². The number of benzene rings is 1. The van der Waals surface area contributed by atoms with Gasteiger partial charge in [0.2, 0.25) is 5.24 Å². The molecule has 0 spiro atoms. The van der Waals surface area contributed by atoms with Crippen molar-refractivity contribution >= 4 is 22.9 Å². The van der Waals surface area contributed by atoms with E-state index in [0.717, 1.165) is 5.56 Å². The van der Waals surface area contributed by atoms with Crippen LogP contribution in [-0.4, -0.2) is 5.24 Å². The number of rotatable bonds is 1. The highest BCUT2D eigenvalue weighted by molar-refractivity contribution is 6.68. The van der Waals surface area contributed by atoms with E-state index in [4.69, 9.17) is 11.6 Å². The minimum absolute atomic E-state index is 0.134. The monoisotopic (exact) mass is 206 g/mol. The molecule has 0 heterocycles. The number of hydrogen-bond donors (Lipinski definition) is 0. The first-order valence-electron chi connectivity index (χ1n) is 4.61. The van der Waals surface area contributed by atoms with Crippen LogP contribution in [0.1, 0.15) is 29.5 Å². The summed E-state index contributed by atoms with van der Waals surface area (Å²) in [6.07, 6.45) is 1.88. The van der Waals surface area contributed by atoms with E-state index < -0.39 is 0 Å². The zero-order valence-electron chi connectivity index (χ0n) is 8.17. The quantitative estimate of drug-likeness (QED) is 0.645. The molecule has 2 heteroatoms. The molecule has 0 saturated heterocycles. The molecule has 1 aliphatic carbocycles. The minimum Gasteiger partial charge on any atom is -0.276 e. The van der Waals surface area contributed by atoms with E-state index in [1.54, 1.807) is 0 Å². The van der Waals surface area contributed by atoms with Crippen molar-refractivity contribution in [2.24, 2.45) is 0 Å². The average molecular weight is 207 g/mol. The summed E-state index contributed by atoms with van der Waals surface area (Å²) in [7, 11) is 0. The lowest BCUT2D eigenvalue weighted by atomic mass is 9.97. The fourth-order valence-electron chi connectivity index (χ4n) is 1.89. The van der Waals surface area contributed by atoms with Crippen LogP contribution in [0.5, 0.6) is 0 Å². The van der Waals surface area contributed by atoms with Crippen molar-refractivity contribution in [3.8, 4) is 0 Å². The molecule has 0 aromatic heterocycles. The maximum atomic E-state index is 11.1. The van der Waals surface area contributed by atoms with E-state index in [1.165, 1.54) is 11.1 Å². The number of fused-ring (bicyclic) bond motifs is 1. The van der Waals surface area contributed by atoms with Crippen LogP contribution >= 0.6 is 11.6 Å². The van der Waals surface area contributed by atoms with Crippen LogP contribution in [0, 0.1) is 6.92 Å². The SMILES string of the molecule is Cc1ccc2c(c1)C(C)C(C(=O)Cl)=C2. The molecule has 1 atom stereocenters. The second kappa shape index (κ2) is 3.25. The third kappa shape index (κ3) is 1.38. The Hall–Kier alpha value is -1.08. The van der Waals surface area contributed by atoms with Crippen molar-refractivity contribution in [2.75, 3.05) is 0 Å². The van der Waals surface area contributed by atoms with Crippen LogP contribution in [0.3, 0.4) is 0 Å². The second-order valence-corrected chi connectivity index (χ2v) is 4.07. The lowest BCUT2D eigenvalue weighted by Gasteiger charge is -2.08. The lowest BCUT2D eigenvalue weighted by Crippen LogP contribution is -1.99. The molecule has 0 bridgehead atoms. The number of hydrogen-bond acceptors (Lipinski definition) is 1. The van der Waals surface area contributed by atoms with Crippen LogP contribution in [-0.2, 0) is 4.79 Å². The molecule has 1 unspecified atom stereocenters. The predicted octanol–water partition coefficient (Wildman–Crippen LogP) is 3.26. The summed E-state index contributed by atoms with van der Waals surface area (Å²) in [5.74, 6) is 0.134. The fraction of sp³-hybridized carbons (Fsp3) is 0.250. The zero-order chi connectivity index (χ0) is 10.3. The Morgan fingerprint density at radius 3 is 2.79 bits per heavy atom. The molecule has 0 amide bonds. The summed E-state index contributed by atoms with van der Waals surface area (Å²) in [5.41, 5.74) is 4.24. The maximum Gasteiger partial charge on any atom is 0.248 e. The largest absolute Gasteiger partial charge is 0.276 e. The summed E-state index contributed by atoms with van der Waals surface area (Å²) in [6.45, 7) is 4.06. The molecular weight excluding hydrogens is 196 g/mol. The first-order valence-corrected chi connectivity index (χ1v) is 4.99. The average Bonchev–Trinajstić information content (AvgIpc) is 2.44. The van der Waals surface area contributed by atoms with Crippen molar-refractivity contribution in [2.45, 2.75) is 19.8 Å². The molecule has 0 N–H and O–H groups in total. The summed E-state index contributed by atoms with van der Waals surface area (Å²) in [4.78, 5) is 11.1. The molecular formula is C12H11ClO. The van der Waals surface area contributed by atoms with Crippen LogP contribution in [0.15, 0.2) is 23.8 Å². The lowest BCUT2D eigenvalue weighted by molar-refractivity contribution is -0.108. The minimum atomic E-state index is -0.341. The predicted molar refractivity (Wildman–Crippen MR) is 58.4 cm³/mol. The maximum absolute atomic E-state index is 11.1. The topological polar surface area (TPSA) is 17.1 Å². The van der Waals surface area contributed by atoms with Gasteiger partial charge in [-0.05, 0) is 35.7 Å². The number of carbonyl (C=O) groups is 1. The summed E-state index contributed by atoms with van der Waals surface area (Å²) in [6, 6.07) is 6.20. The van der Waals surface area contributed by atoms with Gasteiger partial charge in [-0.25, -0.2) is 0 Å². The molecule has 0 fully saturated rings. The van der Waals surface area contributed by atoms with E-state index in [9.17, 15) is 4.79 Å². The van der Waals surface area contributed by atoms with Crippen molar-refractivity contribution in [3.05, 3.63) is 40.5 Å². The summed E-state index contributed by atoms with van der Waals surface area (Å²) < 4.78 is 0. The second-order valence-electron chi connectivity index (χ2n) is 3.73. The van der Waals surface area contributed by atoms with Crippen molar-refractivity contribution in [1.82, 2.24) is 0 Å². The normalized spacial score (nSPS) is 19.1. The van der Waals surface area contributed by atoms with Gasteiger partial charge in [0.25, 0.3) is 0 Å². The van der Waals surface area contributed by atoms with Gasteiger partial charge in [0.15, 0.2) is 0 Å². The molecule has 14 heavy (non-hydrogen) atoms. The van der Waals surface area contributed by atoms with Crippen molar-refractivity contribution < 1.29 is 4.79 Å². The first kappa shape index (κ1) is 9.47. The Kier molecular flexibility index (Phi) is 2.20. The van der Waals surface area contributed by atoms with E-state index in [1.807, 2.05) is 32.1 Å². The van der Waals surface area contributed by atoms with Gasteiger partial charge >= 0.3 is 0 Å². The third-order valence-corrected chi connectivity index (χ3v) is 2.93. The molecule has 2 rings (SSSR count). The Labute approximate surface area is 88.4 Å². The highest BCUT2D eigenvalue weighted by Gasteiger charge is 2.24. The van der Waals surface area contributed by atoms with Gasteiger partial charge < -0.3 is 0 Å². The van der Waals surface area contributed by atoms with Gasteiger partial charge in [-0.1, -0.05) is 30.7 Å². The molecule has 1 aromatic carbocycles. The molecule has 0 aliphatic heterocycles. The molecule has 1 aliphatic rings. The zero-order valence-corrected chi connectivity index (χ0v) is 8.93. The van der Waals surface area contributed by atoms with Gasteiger partial charge in [-0.15, -0.1) is 0 Å². The number of carbonyl (C=O) groups excluding carboxylic acids is 1. The number of allylic oxidation sites excluding steroid dienone is 1. The Morgan fingerprint density at radius 1 is 1.43 bits per heavy atom.